The van der Waals surface area contributed by atoms with Crippen LogP contribution in [0.25, 0.3) is 0 Å². The van der Waals surface area contributed by atoms with Gasteiger partial charge in [0.15, 0.2) is 0 Å². The first-order valence-electron chi connectivity index (χ1n) is 6.16. The van der Waals surface area contributed by atoms with Crippen molar-refractivity contribution < 1.29 is 14.8 Å². The summed E-state index contributed by atoms with van der Waals surface area (Å²) in [6.07, 6.45) is 2.37. The first-order valence-corrected chi connectivity index (χ1v) is 6.16. The van der Waals surface area contributed by atoms with Crippen molar-refractivity contribution in [1.29, 1.82) is 0 Å². The standard InChI is InChI=1S/C13H16N2O4/c1-8(9-3-4-9)14(2)10-5-6-12(15(18)19)11(7-10)13(16)17/h5-9H,3-4H2,1-2H3,(H,16,17). The largest absolute Gasteiger partial charge is 0.477 e. The summed E-state index contributed by atoms with van der Waals surface area (Å²) in [5.41, 5.74) is 0.0588. The van der Waals surface area contributed by atoms with Gasteiger partial charge in [-0.05, 0) is 37.8 Å². The van der Waals surface area contributed by atoms with Crippen LogP contribution in [0.1, 0.15) is 30.1 Å². The summed E-state index contributed by atoms with van der Waals surface area (Å²) < 4.78 is 0. The van der Waals surface area contributed by atoms with Gasteiger partial charge in [0.05, 0.1) is 4.92 Å². The van der Waals surface area contributed by atoms with Crippen LogP contribution in [0.2, 0.25) is 0 Å². The summed E-state index contributed by atoms with van der Waals surface area (Å²) in [7, 11) is 1.88. The monoisotopic (exact) mass is 264 g/mol. The number of carboxylic acids is 1. The van der Waals surface area contributed by atoms with E-state index in [1.165, 1.54) is 25.0 Å². The zero-order chi connectivity index (χ0) is 14.2. The number of hydrogen-bond donors (Lipinski definition) is 1. The Balaban J connectivity index is 2.34. The highest BCUT2D eigenvalue weighted by atomic mass is 16.6. The smallest absolute Gasteiger partial charge is 0.342 e. The van der Waals surface area contributed by atoms with Crippen LogP contribution in [0.5, 0.6) is 0 Å². The molecule has 1 N–H and O–H groups in total. The first kappa shape index (κ1) is 13.3. The molecular formula is C13H16N2O4. The normalized spacial score (nSPS) is 15.9. The number of aromatic carboxylic acids is 1. The molecule has 1 aromatic carbocycles. The highest BCUT2D eigenvalue weighted by Gasteiger charge is 2.31. The van der Waals surface area contributed by atoms with E-state index in [4.69, 9.17) is 5.11 Å². The molecule has 1 aromatic rings. The molecule has 1 saturated carbocycles. The van der Waals surface area contributed by atoms with Crippen LogP contribution in [0.4, 0.5) is 11.4 Å². The predicted octanol–water partition coefficient (Wildman–Crippen LogP) is 2.53. The van der Waals surface area contributed by atoms with Crippen molar-refractivity contribution in [3.05, 3.63) is 33.9 Å². The molecule has 1 aliphatic rings. The van der Waals surface area contributed by atoms with Gasteiger partial charge in [-0.15, -0.1) is 0 Å². The maximum absolute atomic E-state index is 11.1. The van der Waals surface area contributed by atoms with E-state index in [2.05, 4.69) is 6.92 Å². The summed E-state index contributed by atoms with van der Waals surface area (Å²) in [4.78, 5) is 23.2. The van der Waals surface area contributed by atoms with E-state index in [1.807, 2.05) is 11.9 Å². The Bertz CT molecular complexity index is 525. The van der Waals surface area contributed by atoms with E-state index in [0.29, 0.717) is 17.6 Å². The third-order valence-electron chi connectivity index (χ3n) is 3.73. The molecule has 6 nitrogen and oxygen atoms in total. The number of anilines is 1. The lowest BCUT2D eigenvalue weighted by molar-refractivity contribution is -0.385. The number of benzene rings is 1. The molecule has 2 rings (SSSR count). The molecule has 102 valence electrons. The van der Waals surface area contributed by atoms with Crippen LogP contribution < -0.4 is 4.90 Å². The average Bonchev–Trinajstić information content (AvgIpc) is 3.20. The Morgan fingerprint density at radius 1 is 1.53 bits per heavy atom. The first-order chi connectivity index (χ1) is 8.91. The van der Waals surface area contributed by atoms with Gasteiger partial charge in [0.25, 0.3) is 5.69 Å². The van der Waals surface area contributed by atoms with Gasteiger partial charge in [0.1, 0.15) is 5.56 Å². The number of rotatable bonds is 5. The fourth-order valence-corrected chi connectivity index (χ4v) is 2.20. The Kier molecular flexibility index (Phi) is 3.42. The average molecular weight is 264 g/mol. The zero-order valence-corrected chi connectivity index (χ0v) is 10.9. The maximum Gasteiger partial charge on any atom is 0.342 e. The van der Waals surface area contributed by atoms with Gasteiger partial charge in [0, 0.05) is 24.8 Å². The van der Waals surface area contributed by atoms with Gasteiger partial charge in [-0.25, -0.2) is 4.79 Å². The minimum atomic E-state index is -1.28. The number of hydrogen-bond acceptors (Lipinski definition) is 4. The highest BCUT2D eigenvalue weighted by molar-refractivity contribution is 5.93. The van der Waals surface area contributed by atoms with Gasteiger partial charge in [0.2, 0.25) is 0 Å². The van der Waals surface area contributed by atoms with Crippen LogP contribution >= 0.6 is 0 Å². The van der Waals surface area contributed by atoms with Gasteiger partial charge in [-0.3, -0.25) is 10.1 Å². The molecule has 0 aliphatic heterocycles. The van der Waals surface area contributed by atoms with Gasteiger partial charge < -0.3 is 10.0 Å². The number of nitro groups is 1. The molecular weight excluding hydrogens is 248 g/mol. The van der Waals surface area contributed by atoms with E-state index in [9.17, 15) is 14.9 Å². The number of nitrogens with zero attached hydrogens (tertiary/aromatic N) is 2. The maximum atomic E-state index is 11.1. The summed E-state index contributed by atoms with van der Waals surface area (Å²) >= 11 is 0. The van der Waals surface area contributed by atoms with Gasteiger partial charge in [-0.2, -0.15) is 0 Å². The topological polar surface area (TPSA) is 83.7 Å². The van der Waals surface area contributed by atoms with Crippen LogP contribution in [0, 0.1) is 16.0 Å². The predicted molar refractivity (Wildman–Crippen MR) is 70.6 cm³/mol. The van der Waals surface area contributed by atoms with E-state index in [-0.39, 0.29) is 11.3 Å². The second kappa shape index (κ2) is 4.87. The van der Waals surface area contributed by atoms with E-state index in [0.717, 1.165) is 0 Å². The minimum Gasteiger partial charge on any atom is -0.477 e. The molecule has 1 fully saturated rings. The van der Waals surface area contributed by atoms with Crippen molar-refractivity contribution in [1.82, 2.24) is 0 Å². The quantitative estimate of drug-likeness (QED) is 0.652. The zero-order valence-electron chi connectivity index (χ0n) is 10.9. The number of carbonyl (C=O) groups is 1. The van der Waals surface area contributed by atoms with Crippen LogP contribution in [0.15, 0.2) is 18.2 Å². The van der Waals surface area contributed by atoms with Gasteiger partial charge in [-0.1, -0.05) is 0 Å². The Hall–Kier alpha value is -2.11. The summed E-state index contributed by atoms with van der Waals surface area (Å²) in [6, 6.07) is 4.54. The molecule has 0 amide bonds. The third kappa shape index (κ3) is 2.67. The Morgan fingerprint density at radius 2 is 2.16 bits per heavy atom. The molecule has 0 heterocycles. The molecule has 0 spiro atoms. The second-order valence-corrected chi connectivity index (χ2v) is 4.95. The molecule has 1 unspecified atom stereocenters. The Labute approximate surface area is 110 Å². The lowest BCUT2D eigenvalue weighted by atomic mass is 10.1. The number of carboxylic acid groups (broad SMARTS) is 1. The van der Waals surface area contributed by atoms with E-state index >= 15 is 0 Å². The molecule has 19 heavy (non-hydrogen) atoms. The summed E-state index contributed by atoms with van der Waals surface area (Å²) in [5.74, 6) is -0.644. The van der Waals surface area contributed by atoms with E-state index in [1.54, 1.807) is 6.07 Å². The number of nitro benzene ring substituents is 1. The van der Waals surface area contributed by atoms with Crippen LogP contribution in [0.3, 0.4) is 0 Å². The molecule has 1 atom stereocenters. The third-order valence-corrected chi connectivity index (χ3v) is 3.73. The van der Waals surface area contributed by atoms with Gasteiger partial charge >= 0.3 is 5.97 Å². The summed E-state index contributed by atoms with van der Waals surface area (Å²) in [6.45, 7) is 2.08. The second-order valence-electron chi connectivity index (χ2n) is 4.95. The molecule has 1 aliphatic carbocycles. The fraction of sp³-hybridized carbons (Fsp3) is 0.462. The fourth-order valence-electron chi connectivity index (χ4n) is 2.20. The Morgan fingerprint density at radius 3 is 2.63 bits per heavy atom. The molecule has 0 bridgehead atoms. The van der Waals surface area contributed by atoms with Crippen LogP contribution in [-0.4, -0.2) is 29.1 Å². The summed E-state index contributed by atoms with van der Waals surface area (Å²) in [5, 5.41) is 19.8. The highest BCUT2D eigenvalue weighted by Crippen LogP contribution is 2.37. The molecule has 6 heteroatoms. The van der Waals surface area contributed by atoms with Crippen molar-refractivity contribution in [3.8, 4) is 0 Å². The van der Waals surface area contributed by atoms with Crippen molar-refractivity contribution >= 4 is 17.3 Å². The molecule has 0 aromatic heterocycles. The van der Waals surface area contributed by atoms with Crippen LogP contribution in [-0.2, 0) is 0 Å². The molecule has 0 saturated heterocycles. The minimum absolute atomic E-state index is 0.266. The van der Waals surface area contributed by atoms with Crippen molar-refractivity contribution in [2.24, 2.45) is 5.92 Å². The van der Waals surface area contributed by atoms with Crippen molar-refractivity contribution in [3.63, 3.8) is 0 Å². The lowest BCUT2D eigenvalue weighted by Crippen LogP contribution is -2.30. The van der Waals surface area contributed by atoms with E-state index < -0.39 is 10.9 Å². The SMILES string of the molecule is CC(C1CC1)N(C)c1ccc([N+](=O)[O-])c(C(=O)O)c1. The van der Waals surface area contributed by atoms with Crippen molar-refractivity contribution in [2.75, 3.05) is 11.9 Å². The lowest BCUT2D eigenvalue weighted by Gasteiger charge is -2.27. The molecule has 0 radical (unpaired) electrons. The van der Waals surface area contributed by atoms with Crippen molar-refractivity contribution in [2.45, 2.75) is 25.8 Å².